The Labute approximate surface area is 202 Å². The number of carbonyl (C=O) groups is 3. The number of esters is 1. The Morgan fingerprint density at radius 3 is 2.49 bits per heavy atom. The third-order valence-corrected chi connectivity index (χ3v) is 9.53. The van der Waals surface area contributed by atoms with Crippen molar-refractivity contribution in [3.05, 3.63) is 23.6 Å². The van der Waals surface area contributed by atoms with Crippen LogP contribution in [0.4, 0.5) is 13.2 Å². The molecule has 0 heterocycles. The molecule has 3 saturated carbocycles. The van der Waals surface area contributed by atoms with E-state index < -0.39 is 94.1 Å². The molecule has 0 amide bonds. The molecule has 9 atom stereocenters. The average molecular weight is 499 g/mol. The molecule has 0 saturated heterocycles. The minimum atomic E-state index is -2.53. The summed E-state index contributed by atoms with van der Waals surface area (Å²) >= 11 is 0. The molecule has 4 rings (SSSR count). The molecular weight excluding hydrogens is 465 g/mol. The number of ketones is 2. The molecule has 0 aromatic carbocycles. The summed E-state index contributed by atoms with van der Waals surface area (Å²) in [5.41, 5.74) is -8.17. The normalized spacial score (nSPS) is 46.7. The van der Waals surface area contributed by atoms with E-state index in [1.54, 1.807) is 20.8 Å². The molecule has 6 nitrogen and oxygen atoms in total. The van der Waals surface area contributed by atoms with Gasteiger partial charge in [0.2, 0.25) is 11.6 Å². The first-order valence-electron chi connectivity index (χ1n) is 12.3. The van der Waals surface area contributed by atoms with Crippen LogP contribution >= 0.6 is 0 Å². The maximum absolute atomic E-state index is 17.2. The van der Waals surface area contributed by atoms with Crippen molar-refractivity contribution in [1.29, 1.82) is 0 Å². The number of rotatable bonds is 5. The maximum atomic E-state index is 17.2. The van der Waals surface area contributed by atoms with Crippen LogP contribution < -0.4 is 0 Å². The summed E-state index contributed by atoms with van der Waals surface area (Å²) in [7, 11) is 0. The van der Waals surface area contributed by atoms with Crippen molar-refractivity contribution < 1.29 is 42.5 Å². The predicted octanol–water partition coefficient (Wildman–Crippen LogP) is 3.49. The molecule has 0 bridgehead atoms. The first kappa shape index (κ1) is 26.1. The van der Waals surface area contributed by atoms with E-state index in [9.17, 15) is 29.0 Å². The minimum Gasteiger partial charge on any atom is -0.450 e. The van der Waals surface area contributed by atoms with E-state index in [-0.39, 0.29) is 19.3 Å². The van der Waals surface area contributed by atoms with Crippen molar-refractivity contribution in [2.24, 2.45) is 28.6 Å². The fraction of sp³-hybridized carbons (Fsp3) is 0.731. The van der Waals surface area contributed by atoms with E-state index in [4.69, 9.17) is 4.74 Å². The summed E-state index contributed by atoms with van der Waals surface area (Å²) in [6.07, 6.45) is -1.89. The number of hydrogen-bond acceptors (Lipinski definition) is 6. The van der Waals surface area contributed by atoms with Gasteiger partial charge < -0.3 is 14.9 Å². The van der Waals surface area contributed by atoms with Crippen LogP contribution in [0.15, 0.2) is 23.6 Å². The van der Waals surface area contributed by atoms with Crippen molar-refractivity contribution in [3.63, 3.8) is 0 Å². The smallest absolute Gasteiger partial charge is 0.306 e. The second-order valence-corrected chi connectivity index (χ2v) is 11.1. The van der Waals surface area contributed by atoms with Gasteiger partial charge in [0, 0.05) is 34.7 Å². The molecule has 4 aliphatic rings. The van der Waals surface area contributed by atoms with Crippen molar-refractivity contribution in [1.82, 2.24) is 0 Å². The number of ether oxygens (including phenoxy) is 1. The highest BCUT2D eigenvalue weighted by Gasteiger charge is 2.78. The highest BCUT2D eigenvalue weighted by Crippen LogP contribution is 2.72. The average Bonchev–Trinajstić information content (AvgIpc) is 3.00. The first-order valence-corrected chi connectivity index (χ1v) is 12.3. The number of hydrogen-bond donors (Lipinski definition) is 2. The molecule has 4 aliphatic carbocycles. The molecule has 0 spiro atoms. The van der Waals surface area contributed by atoms with Crippen LogP contribution in [0.25, 0.3) is 0 Å². The van der Waals surface area contributed by atoms with Gasteiger partial charge in [0.1, 0.15) is 12.8 Å². The Bertz CT molecular complexity index is 1020. The van der Waals surface area contributed by atoms with Gasteiger partial charge >= 0.3 is 5.97 Å². The SMILES string of the molecule is CCCC(=O)O[C@]1(C(=O)CO)[C@H](C)C[C@H]2[C@@H]3C[C@H](F)C4=C(F)C(=O)C=C[C@]4(C)[C@@]3(F)[C@@H](O)C[C@@]21C. The summed E-state index contributed by atoms with van der Waals surface area (Å²) in [6.45, 7) is 5.44. The molecule has 3 fully saturated rings. The summed E-state index contributed by atoms with van der Waals surface area (Å²) < 4.78 is 53.4. The van der Waals surface area contributed by atoms with Gasteiger partial charge in [-0.15, -0.1) is 0 Å². The number of carbonyl (C=O) groups excluding carboxylic acids is 3. The van der Waals surface area contributed by atoms with Gasteiger partial charge in [-0.05, 0) is 44.6 Å². The largest absolute Gasteiger partial charge is 0.450 e. The summed E-state index contributed by atoms with van der Waals surface area (Å²) in [5.74, 6) is -6.29. The Morgan fingerprint density at radius 2 is 1.89 bits per heavy atom. The van der Waals surface area contributed by atoms with Crippen LogP contribution in [-0.4, -0.2) is 57.9 Å². The molecule has 2 N–H and O–H groups in total. The number of allylic oxidation sites excluding steroid dienone is 4. The van der Waals surface area contributed by atoms with Gasteiger partial charge in [0.05, 0.1) is 6.10 Å². The zero-order chi connectivity index (χ0) is 26.1. The van der Waals surface area contributed by atoms with Gasteiger partial charge in [-0.2, -0.15) is 0 Å². The molecule has 9 heteroatoms. The van der Waals surface area contributed by atoms with Gasteiger partial charge in [0.15, 0.2) is 17.1 Å². The topological polar surface area (TPSA) is 101 Å². The second-order valence-electron chi connectivity index (χ2n) is 11.1. The van der Waals surface area contributed by atoms with E-state index >= 15 is 8.78 Å². The quantitative estimate of drug-likeness (QED) is 0.563. The molecule has 0 aromatic rings. The van der Waals surface area contributed by atoms with E-state index in [0.29, 0.717) is 6.42 Å². The van der Waals surface area contributed by atoms with Crippen LogP contribution in [0.1, 0.15) is 59.8 Å². The van der Waals surface area contributed by atoms with Crippen molar-refractivity contribution >= 4 is 17.5 Å². The summed E-state index contributed by atoms with van der Waals surface area (Å²) in [5, 5.41) is 21.2. The Balaban J connectivity index is 1.88. The van der Waals surface area contributed by atoms with Crippen molar-refractivity contribution in [3.8, 4) is 0 Å². The minimum absolute atomic E-state index is 0.0316. The lowest BCUT2D eigenvalue weighted by molar-refractivity contribution is -0.232. The lowest BCUT2D eigenvalue weighted by Crippen LogP contribution is -2.71. The molecule has 0 unspecified atom stereocenters. The van der Waals surface area contributed by atoms with Gasteiger partial charge in [-0.1, -0.05) is 26.8 Å². The zero-order valence-electron chi connectivity index (χ0n) is 20.4. The lowest BCUT2D eigenvalue weighted by atomic mass is 9.44. The van der Waals surface area contributed by atoms with Crippen LogP contribution in [0.2, 0.25) is 0 Å². The molecule has 0 radical (unpaired) electrons. The van der Waals surface area contributed by atoms with E-state index in [1.807, 2.05) is 0 Å². The molecular formula is C26H33F3O6. The van der Waals surface area contributed by atoms with Gasteiger partial charge in [0.25, 0.3) is 0 Å². The number of alkyl halides is 2. The van der Waals surface area contributed by atoms with Crippen molar-refractivity contribution in [2.75, 3.05) is 6.61 Å². The molecule has 194 valence electrons. The maximum Gasteiger partial charge on any atom is 0.306 e. The van der Waals surface area contributed by atoms with Gasteiger partial charge in [-0.3, -0.25) is 14.4 Å². The number of halogens is 3. The fourth-order valence-electron chi connectivity index (χ4n) is 8.04. The first-order chi connectivity index (χ1) is 16.3. The summed E-state index contributed by atoms with van der Waals surface area (Å²) in [4.78, 5) is 37.8. The van der Waals surface area contributed by atoms with Crippen LogP contribution in [0, 0.1) is 28.6 Å². The fourth-order valence-corrected chi connectivity index (χ4v) is 8.04. The van der Waals surface area contributed by atoms with Crippen LogP contribution in [-0.2, 0) is 19.1 Å². The van der Waals surface area contributed by atoms with Gasteiger partial charge in [-0.25, -0.2) is 13.2 Å². The number of Topliss-reactive ketones (excluding diaryl/α,β-unsaturated/α-hetero) is 1. The van der Waals surface area contributed by atoms with E-state index in [0.717, 1.165) is 12.2 Å². The lowest BCUT2D eigenvalue weighted by Gasteiger charge is -2.63. The molecule has 0 aliphatic heterocycles. The zero-order valence-corrected chi connectivity index (χ0v) is 20.4. The van der Waals surface area contributed by atoms with Crippen LogP contribution in [0.5, 0.6) is 0 Å². The molecule has 0 aromatic heterocycles. The summed E-state index contributed by atoms with van der Waals surface area (Å²) in [6, 6.07) is 0. The second kappa shape index (κ2) is 8.26. The highest BCUT2D eigenvalue weighted by atomic mass is 19.2. The Morgan fingerprint density at radius 1 is 1.23 bits per heavy atom. The monoisotopic (exact) mass is 498 g/mol. The number of aliphatic hydroxyl groups is 2. The van der Waals surface area contributed by atoms with Crippen LogP contribution in [0.3, 0.4) is 0 Å². The number of aliphatic hydroxyl groups excluding tert-OH is 2. The Hall–Kier alpha value is -2.00. The van der Waals surface area contributed by atoms with Crippen molar-refractivity contribution in [2.45, 2.75) is 83.3 Å². The third-order valence-electron chi connectivity index (χ3n) is 9.53. The molecule has 35 heavy (non-hydrogen) atoms. The third kappa shape index (κ3) is 3.06. The predicted molar refractivity (Wildman–Crippen MR) is 119 cm³/mol. The van der Waals surface area contributed by atoms with E-state index in [1.165, 1.54) is 6.92 Å². The number of fused-ring (bicyclic) bond motifs is 5. The standard InChI is InChI=1S/C26H33F3O6/c1-5-6-20(34)35-26(19(33)12-30)13(2)9-14-15-10-16(27)21-22(28)17(31)7-8-23(21,3)25(15,29)18(32)11-24(14,26)4/h7-8,13-16,18,30,32H,5-6,9-12H2,1-4H3/t13-,14+,15+,16+,18+,23+,24+,25+,26+/m1/s1. The Kier molecular flexibility index (Phi) is 6.16. The highest BCUT2D eigenvalue weighted by molar-refractivity contribution is 6.04. The van der Waals surface area contributed by atoms with E-state index in [2.05, 4.69) is 0 Å².